The average molecular weight is 315 g/mol. The van der Waals surface area contributed by atoms with Gasteiger partial charge in [-0.2, -0.15) is 0 Å². The van der Waals surface area contributed by atoms with E-state index in [2.05, 4.69) is 10.0 Å². The highest BCUT2D eigenvalue weighted by atomic mass is 35.5. The van der Waals surface area contributed by atoms with Gasteiger partial charge in [0.25, 0.3) is 5.91 Å². The van der Waals surface area contributed by atoms with Crippen molar-refractivity contribution in [1.82, 2.24) is 0 Å². The van der Waals surface area contributed by atoms with Gasteiger partial charge in [-0.25, -0.2) is 8.42 Å². The van der Waals surface area contributed by atoms with Crippen molar-refractivity contribution < 1.29 is 17.6 Å². The summed E-state index contributed by atoms with van der Waals surface area (Å²) < 4.78 is 29.9. The van der Waals surface area contributed by atoms with Crippen LogP contribution in [0.4, 0.5) is 11.4 Å². The number of hydrogen-bond acceptors (Lipinski definition) is 4. The van der Waals surface area contributed by atoms with Gasteiger partial charge < -0.3 is 9.73 Å². The summed E-state index contributed by atoms with van der Waals surface area (Å²) >= 11 is 5.30. The Morgan fingerprint density at radius 1 is 1.20 bits per heavy atom. The van der Waals surface area contributed by atoms with Gasteiger partial charge in [0.1, 0.15) is 5.21 Å². The van der Waals surface area contributed by atoms with Crippen molar-refractivity contribution in [2.45, 2.75) is 0 Å². The highest BCUT2D eigenvalue weighted by Gasteiger charge is 2.11. The Labute approximate surface area is 120 Å². The van der Waals surface area contributed by atoms with Crippen molar-refractivity contribution in [3.63, 3.8) is 0 Å². The third kappa shape index (κ3) is 3.75. The molecule has 1 amide bonds. The Morgan fingerprint density at radius 2 is 1.95 bits per heavy atom. The van der Waals surface area contributed by atoms with Gasteiger partial charge in [0, 0.05) is 5.69 Å². The molecule has 0 atom stereocenters. The summed E-state index contributed by atoms with van der Waals surface area (Å²) in [6, 6.07) is 9.37. The number of alkyl halides is 1. The van der Waals surface area contributed by atoms with E-state index in [1.807, 2.05) is 0 Å². The van der Waals surface area contributed by atoms with Crippen molar-refractivity contribution in [2.75, 3.05) is 15.3 Å². The van der Waals surface area contributed by atoms with E-state index >= 15 is 0 Å². The predicted octanol–water partition coefficient (Wildman–Crippen LogP) is 2.47. The minimum absolute atomic E-state index is 0.164. The number of furan rings is 1. The van der Waals surface area contributed by atoms with E-state index in [9.17, 15) is 13.2 Å². The highest BCUT2D eigenvalue weighted by molar-refractivity contribution is 7.93. The standard InChI is InChI=1S/C12H11ClN2O4S/c13-8-20(17,18)15-10-4-1-3-9(7-10)14-12(16)11-5-2-6-19-11/h1-7,15H,8H2,(H,14,16). The number of hydrogen-bond donors (Lipinski definition) is 2. The molecule has 106 valence electrons. The first-order valence-electron chi connectivity index (χ1n) is 5.51. The zero-order chi connectivity index (χ0) is 14.6. The molecule has 0 spiro atoms. The summed E-state index contributed by atoms with van der Waals surface area (Å²) in [5.74, 6) is -0.260. The second-order valence-corrected chi connectivity index (χ2v) is 6.14. The van der Waals surface area contributed by atoms with E-state index in [0.29, 0.717) is 11.4 Å². The number of anilines is 2. The summed E-state index contributed by atoms with van der Waals surface area (Å²) in [7, 11) is -3.58. The van der Waals surface area contributed by atoms with Crippen LogP contribution in [0, 0.1) is 0 Å². The predicted molar refractivity (Wildman–Crippen MR) is 76.4 cm³/mol. The summed E-state index contributed by atoms with van der Waals surface area (Å²) in [5.41, 5.74) is 0.740. The number of halogens is 1. The molecule has 20 heavy (non-hydrogen) atoms. The van der Waals surface area contributed by atoms with Crippen LogP contribution in [0.5, 0.6) is 0 Å². The quantitative estimate of drug-likeness (QED) is 0.830. The molecule has 1 aromatic carbocycles. The molecule has 0 bridgehead atoms. The van der Waals surface area contributed by atoms with Crippen molar-refractivity contribution in [1.29, 1.82) is 0 Å². The van der Waals surface area contributed by atoms with Gasteiger partial charge in [-0.15, -0.1) is 11.6 Å². The summed E-state index contributed by atoms with van der Waals surface area (Å²) in [6.45, 7) is 0. The minimum atomic E-state index is -3.58. The fourth-order valence-electron chi connectivity index (χ4n) is 1.47. The SMILES string of the molecule is O=C(Nc1cccc(NS(=O)(=O)CCl)c1)c1ccco1. The Kier molecular flexibility index (Phi) is 4.31. The summed E-state index contributed by atoms with van der Waals surface area (Å²) in [4.78, 5) is 11.8. The van der Waals surface area contributed by atoms with Gasteiger partial charge in [0.05, 0.1) is 12.0 Å². The lowest BCUT2D eigenvalue weighted by atomic mass is 10.3. The molecule has 0 aliphatic rings. The molecule has 0 radical (unpaired) electrons. The van der Waals surface area contributed by atoms with Gasteiger partial charge in [0.15, 0.2) is 5.76 Å². The first kappa shape index (κ1) is 14.4. The van der Waals surface area contributed by atoms with Gasteiger partial charge in [-0.05, 0) is 30.3 Å². The number of carbonyl (C=O) groups excluding carboxylic acids is 1. The third-order valence-corrected chi connectivity index (χ3v) is 3.98. The topological polar surface area (TPSA) is 88.4 Å². The number of amides is 1. The van der Waals surface area contributed by atoms with Crippen LogP contribution in [0.25, 0.3) is 0 Å². The first-order valence-corrected chi connectivity index (χ1v) is 7.70. The number of nitrogens with one attached hydrogen (secondary N) is 2. The fraction of sp³-hybridized carbons (Fsp3) is 0.0833. The molecular formula is C12H11ClN2O4S. The van der Waals surface area contributed by atoms with Crippen LogP contribution >= 0.6 is 11.6 Å². The van der Waals surface area contributed by atoms with Crippen LogP contribution in [0.2, 0.25) is 0 Å². The molecular weight excluding hydrogens is 304 g/mol. The molecule has 0 saturated heterocycles. The lowest BCUT2D eigenvalue weighted by Gasteiger charge is -2.08. The molecule has 0 aliphatic heterocycles. The van der Waals surface area contributed by atoms with E-state index in [1.54, 1.807) is 24.3 Å². The summed E-state index contributed by atoms with van der Waals surface area (Å²) in [6.07, 6.45) is 1.39. The third-order valence-electron chi connectivity index (χ3n) is 2.28. The highest BCUT2D eigenvalue weighted by Crippen LogP contribution is 2.17. The maximum atomic E-state index is 11.8. The van der Waals surface area contributed by atoms with Gasteiger partial charge in [-0.1, -0.05) is 6.07 Å². The van der Waals surface area contributed by atoms with Crippen LogP contribution in [-0.4, -0.2) is 19.5 Å². The van der Waals surface area contributed by atoms with Crippen molar-refractivity contribution in [3.8, 4) is 0 Å². The van der Waals surface area contributed by atoms with E-state index in [4.69, 9.17) is 16.0 Å². The van der Waals surface area contributed by atoms with Crippen molar-refractivity contribution in [3.05, 3.63) is 48.4 Å². The lowest BCUT2D eigenvalue weighted by molar-refractivity contribution is 0.0996. The normalized spacial score (nSPS) is 11.1. The largest absolute Gasteiger partial charge is 0.459 e. The molecule has 0 aliphatic carbocycles. The van der Waals surface area contributed by atoms with Crippen molar-refractivity contribution in [2.24, 2.45) is 0 Å². The second kappa shape index (κ2) is 5.98. The molecule has 2 rings (SSSR count). The van der Waals surface area contributed by atoms with E-state index in [1.165, 1.54) is 18.4 Å². The molecule has 2 N–H and O–H groups in total. The molecule has 1 aromatic heterocycles. The maximum Gasteiger partial charge on any atom is 0.291 e. The van der Waals surface area contributed by atoms with Crippen molar-refractivity contribution >= 4 is 38.9 Å². The fourth-order valence-corrected chi connectivity index (χ4v) is 2.17. The zero-order valence-corrected chi connectivity index (χ0v) is 11.7. The number of sulfonamides is 1. The Bertz CT molecular complexity index is 698. The molecule has 2 aromatic rings. The smallest absolute Gasteiger partial charge is 0.291 e. The summed E-state index contributed by atoms with van der Waals surface area (Å²) in [5, 5.41) is 2.04. The molecule has 0 saturated carbocycles. The minimum Gasteiger partial charge on any atom is -0.459 e. The van der Waals surface area contributed by atoms with Gasteiger partial charge in [0.2, 0.25) is 10.0 Å². The second-order valence-electron chi connectivity index (χ2n) is 3.84. The number of benzene rings is 1. The van der Waals surface area contributed by atoms with E-state index in [0.717, 1.165) is 0 Å². The number of carbonyl (C=O) groups is 1. The van der Waals surface area contributed by atoms with Crippen LogP contribution in [0.15, 0.2) is 47.1 Å². The molecule has 6 nitrogen and oxygen atoms in total. The first-order chi connectivity index (χ1) is 9.50. The molecule has 8 heteroatoms. The number of rotatable bonds is 5. The Hall–Kier alpha value is -1.99. The average Bonchev–Trinajstić information content (AvgIpc) is 2.92. The Morgan fingerprint density at radius 3 is 2.60 bits per heavy atom. The molecule has 0 fully saturated rings. The molecule has 1 heterocycles. The lowest BCUT2D eigenvalue weighted by Crippen LogP contribution is -2.14. The van der Waals surface area contributed by atoms with Gasteiger partial charge in [-0.3, -0.25) is 9.52 Å². The van der Waals surface area contributed by atoms with Crippen LogP contribution < -0.4 is 10.0 Å². The maximum absolute atomic E-state index is 11.8. The van der Waals surface area contributed by atoms with Crippen LogP contribution in [0.3, 0.4) is 0 Å². The zero-order valence-electron chi connectivity index (χ0n) is 10.2. The van der Waals surface area contributed by atoms with Crippen LogP contribution in [0.1, 0.15) is 10.6 Å². The van der Waals surface area contributed by atoms with E-state index < -0.39 is 21.1 Å². The van der Waals surface area contributed by atoms with Gasteiger partial charge >= 0.3 is 0 Å². The van der Waals surface area contributed by atoms with E-state index in [-0.39, 0.29) is 5.76 Å². The Balaban J connectivity index is 2.12. The monoisotopic (exact) mass is 314 g/mol. The molecule has 0 unspecified atom stereocenters. The van der Waals surface area contributed by atoms with Crippen LogP contribution in [-0.2, 0) is 10.0 Å².